The first-order valence-electron chi connectivity index (χ1n) is 10.9. The SMILES string of the molecule is Cc1ccc(B2OC(C)(C)C(C)(C)O2)c(CN(Cc2ccccc2)C(=O)C2CC2)c1. The summed E-state index contributed by atoms with van der Waals surface area (Å²) in [5.41, 5.74) is 3.64. The Bertz CT molecular complexity index is 905. The van der Waals surface area contributed by atoms with Gasteiger partial charge in [-0.05, 0) is 64.1 Å². The van der Waals surface area contributed by atoms with Crippen LogP contribution in [0.25, 0.3) is 0 Å². The Morgan fingerprint density at radius 2 is 1.63 bits per heavy atom. The van der Waals surface area contributed by atoms with Crippen LogP contribution in [0.5, 0.6) is 0 Å². The summed E-state index contributed by atoms with van der Waals surface area (Å²) in [5.74, 6) is 0.430. The van der Waals surface area contributed by atoms with Crippen molar-refractivity contribution in [1.82, 2.24) is 4.90 Å². The van der Waals surface area contributed by atoms with Gasteiger partial charge in [0.25, 0.3) is 0 Å². The Morgan fingerprint density at radius 3 is 2.23 bits per heavy atom. The number of carbonyl (C=O) groups excluding carboxylic acids is 1. The van der Waals surface area contributed by atoms with Gasteiger partial charge in [0.1, 0.15) is 0 Å². The van der Waals surface area contributed by atoms with E-state index in [2.05, 4.69) is 65.0 Å². The monoisotopic (exact) mass is 405 g/mol. The fourth-order valence-corrected chi connectivity index (χ4v) is 3.88. The standard InChI is InChI=1S/C25H32BNO3/c1-18-11-14-22(26-29-24(2,3)25(4,5)30-26)21(15-18)17-27(23(28)20-12-13-20)16-19-9-7-6-8-10-19/h6-11,14-15,20H,12-13,16-17H2,1-5H3. The maximum atomic E-state index is 13.1. The Morgan fingerprint density at radius 1 is 1.00 bits per heavy atom. The molecule has 158 valence electrons. The summed E-state index contributed by atoms with van der Waals surface area (Å²) in [7, 11) is -0.430. The van der Waals surface area contributed by atoms with Crippen molar-refractivity contribution in [2.75, 3.05) is 0 Å². The molecule has 0 radical (unpaired) electrons. The second-order valence-electron chi connectivity index (χ2n) is 9.74. The number of nitrogens with zero attached hydrogens (tertiary/aromatic N) is 1. The van der Waals surface area contributed by atoms with Crippen LogP contribution in [-0.2, 0) is 27.2 Å². The van der Waals surface area contributed by atoms with E-state index in [1.807, 2.05) is 23.1 Å². The second kappa shape index (κ2) is 7.86. The molecular formula is C25H32BNO3. The lowest BCUT2D eigenvalue weighted by atomic mass is 9.75. The number of hydrogen-bond acceptors (Lipinski definition) is 3. The van der Waals surface area contributed by atoms with E-state index in [0.29, 0.717) is 13.1 Å². The number of rotatable bonds is 6. The lowest BCUT2D eigenvalue weighted by Crippen LogP contribution is -2.41. The largest absolute Gasteiger partial charge is 0.495 e. The van der Waals surface area contributed by atoms with Gasteiger partial charge in [-0.25, -0.2) is 0 Å². The molecule has 1 saturated heterocycles. The van der Waals surface area contributed by atoms with Gasteiger partial charge in [0.15, 0.2) is 0 Å². The Balaban J connectivity index is 1.63. The fourth-order valence-electron chi connectivity index (χ4n) is 3.88. The van der Waals surface area contributed by atoms with Crippen LogP contribution < -0.4 is 5.46 Å². The van der Waals surface area contributed by atoms with Crippen molar-refractivity contribution in [3.05, 3.63) is 65.2 Å². The molecule has 5 heteroatoms. The van der Waals surface area contributed by atoms with Gasteiger partial charge in [-0.15, -0.1) is 0 Å². The minimum absolute atomic E-state index is 0.179. The Kier molecular flexibility index (Phi) is 5.54. The van der Waals surface area contributed by atoms with E-state index < -0.39 is 18.3 Å². The first-order valence-corrected chi connectivity index (χ1v) is 10.9. The van der Waals surface area contributed by atoms with Crippen molar-refractivity contribution in [3.63, 3.8) is 0 Å². The van der Waals surface area contributed by atoms with Crippen molar-refractivity contribution in [2.45, 2.75) is 71.8 Å². The molecule has 0 bridgehead atoms. The second-order valence-corrected chi connectivity index (χ2v) is 9.74. The fraction of sp³-hybridized carbons (Fsp3) is 0.480. The minimum Gasteiger partial charge on any atom is -0.399 e. The number of carbonyl (C=O) groups is 1. The van der Waals surface area contributed by atoms with Crippen molar-refractivity contribution in [1.29, 1.82) is 0 Å². The zero-order chi connectivity index (χ0) is 21.5. The quantitative estimate of drug-likeness (QED) is 0.675. The first-order chi connectivity index (χ1) is 14.2. The molecule has 2 aliphatic rings. The summed E-state index contributed by atoms with van der Waals surface area (Å²) in [6, 6.07) is 16.6. The van der Waals surface area contributed by atoms with Crippen LogP contribution in [-0.4, -0.2) is 29.1 Å². The summed E-state index contributed by atoms with van der Waals surface area (Å²) in [6.07, 6.45) is 2.00. The van der Waals surface area contributed by atoms with Crippen molar-refractivity contribution >= 4 is 18.5 Å². The average molecular weight is 405 g/mol. The smallest absolute Gasteiger partial charge is 0.399 e. The molecule has 4 rings (SSSR count). The van der Waals surface area contributed by atoms with Crippen LogP contribution in [0, 0.1) is 12.8 Å². The van der Waals surface area contributed by atoms with Crippen molar-refractivity contribution < 1.29 is 14.1 Å². The van der Waals surface area contributed by atoms with Crippen LogP contribution in [0.15, 0.2) is 48.5 Å². The predicted octanol–water partition coefficient (Wildman–Crippen LogP) is 4.23. The summed E-state index contributed by atoms with van der Waals surface area (Å²) in [5, 5.41) is 0. The normalized spacial score (nSPS) is 19.7. The van der Waals surface area contributed by atoms with Crippen molar-refractivity contribution in [3.8, 4) is 0 Å². The molecule has 0 unspecified atom stereocenters. The molecule has 1 amide bonds. The highest BCUT2D eigenvalue weighted by Crippen LogP contribution is 2.37. The molecule has 2 fully saturated rings. The average Bonchev–Trinajstić information content (AvgIpc) is 3.49. The highest BCUT2D eigenvalue weighted by atomic mass is 16.7. The van der Waals surface area contributed by atoms with Gasteiger partial charge < -0.3 is 14.2 Å². The molecule has 1 saturated carbocycles. The van der Waals surface area contributed by atoms with Crippen LogP contribution in [0.1, 0.15) is 57.2 Å². The summed E-state index contributed by atoms with van der Waals surface area (Å²) in [6.45, 7) is 11.5. The molecule has 0 N–H and O–H groups in total. The number of hydrogen-bond donors (Lipinski definition) is 0. The lowest BCUT2D eigenvalue weighted by molar-refractivity contribution is -0.133. The molecule has 1 heterocycles. The predicted molar refractivity (Wildman–Crippen MR) is 120 cm³/mol. The van der Waals surface area contributed by atoms with Gasteiger partial charge in [0.2, 0.25) is 5.91 Å². The molecule has 0 atom stereocenters. The lowest BCUT2D eigenvalue weighted by Gasteiger charge is -2.32. The maximum Gasteiger partial charge on any atom is 0.495 e. The Hall–Kier alpha value is -2.11. The van der Waals surface area contributed by atoms with Gasteiger partial charge in [-0.3, -0.25) is 4.79 Å². The number of amides is 1. The van der Waals surface area contributed by atoms with E-state index in [4.69, 9.17) is 9.31 Å². The summed E-state index contributed by atoms with van der Waals surface area (Å²) in [4.78, 5) is 15.1. The van der Waals surface area contributed by atoms with Gasteiger partial charge >= 0.3 is 7.12 Å². The number of benzene rings is 2. The minimum atomic E-state index is -0.430. The van der Waals surface area contributed by atoms with E-state index in [1.165, 1.54) is 5.56 Å². The molecule has 1 aliphatic carbocycles. The molecule has 0 aromatic heterocycles. The Labute approximate surface area is 180 Å². The zero-order valence-electron chi connectivity index (χ0n) is 18.8. The molecule has 1 aliphatic heterocycles. The summed E-state index contributed by atoms with van der Waals surface area (Å²) >= 11 is 0. The van der Waals surface area contributed by atoms with Gasteiger partial charge in [0.05, 0.1) is 11.2 Å². The molecule has 2 aromatic carbocycles. The van der Waals surface area contributed by atoms with Gasteiger partial charge in [0, 0.05) is 19.0 Å². The number of aryl methyl sites for hydroxylation is 1. The molecule has 2 aromatic rings. The van der Waals surface area contributed by atoms with E-state index in [9.17, 15) is 4.79 Å². The zero-order valence-corrected chi connectivity index (χ0v) is 18.8. The van der Waals surface area contributed by atoms with Crippen LogP contribution >= 0.6 is 0 Å². The van der Waals surface area contributed by atoms with Crippen LogP contribution in [0.4, 0.5) is 0 Å². The third kappa shape index (κ3) is 4.33. The first kappa shape index (κ1) is 21.1. The van der Waals surface area contributed by atoms with Crippen LogP contribution in [0.3, 0.4) is 0 Å². The van der Waals surface area contributed by atoms with Crippen LogP contribution in [0.2, 0.25) is 0 Å². The van der Waals surface area contributed by atoms with Gasteiger partial charge in [-0.1, -0.05) is 54.1 Å². The van der Waals surface area contributed by atoms with E-state index in [1.54, 1.807) is 0 Å². The molecule has 4 nitrogen and oxygen atoms in total. The summed E-state index contributed by atoms with van der Waals surface area (Å²) < 4.78 is 12.7. The van der Waals surface area contributed by atoms with Gasteiger partial charge in [-0.2, -0.15) is 0 Å². The molecular weight excluding hydrogens is 373 g/mol. The maximum absolute atomic E-state index is 13.1. The highest BCUT2D eigenvalue weighted by molar-refractivity contribution is 6.62. The third-order valence-corrected chi connectivity index (χ3v) is 6.62. The molecule has 30 heavy (non-hydrogen) atoms. The van der Waals surface area contributed by atoms with Crippen molar-refractivity contribution in [2.24, 2.45) is 5.92 Å². The van der Waals surface area contributed by atoms with E-state index in [-0.39, 0.29) is 11.8 Å². The van der Waals surface area contributed by atoms with E-state index in [0.717, 1.165) is 29.4 Å². The molecule has 0 spiro atoms. The topological polar surface area (TPSA) is 38.8 Å². The highest BCUT2D eigenvalue weighted by Gasteiger charge is 2.52. The third-order valence-electron chi connectivity index (χ3n) is 6.62. The van der Waals surface area contributed by atoms with E-state index >= 15 is 0 Å².